The molecule has 0 saturated heterocycles. The topological polar surface area (TPSA) is 68.8 Å². The number of nitrogens with two attached hydrogens (primary N) is 1. The van der Waals surface area contributed by atoms with Crippen molar-refractivity contribution in [3.8, 4) is 0 Å². The van der Waals surface area contributed by atoms with Crippen LogP contribution in [0.3, 0.4) is 0 Å². The highest BCUT2D eigenvalue weighted by molar-refractivity contribution is 7.09. The SMILES string of the molecule is CC(C)c1nn(C)c(NCc2nccs2)c1N. The second-order valence-corrected chi connectivity index (χ2v) is 5.18. The summed E-state index contributed by atoms with van der Waals surface area (Å²) >= 11 is 1.62. The van der Waals surface area contributed by atoms with E-state index in [2.05, 4.69) is 29.2 Å². The average molecular weight is 251 g/mol. The van der Waals surface area contributed by atoms with Gasteiger partial charge >= 0.3 is 0 Å². The lowest BCUT2D eigenvalue weighted by Gasteiger charge is -2.06. The third kappa shape index (κ3) is 2.41. The minimum Gasteiger partial charge on any atom is -0.394 e. The standard InChI is InChI=1S/C11H17N5S/c1-7(2)10-9(12)11(16(3)15-10)14-6-8-13-4-5-17-8/h4-5,7,14H,6,12H2,1-3H3. The summed E-state index contributed by atoms with van der Waals surface area (Å²) < 4.78 is 1.79. The van der Waals surface area contributed by atoms with Crippen LogP contribution in [-0.4, -0.2) is 14.8 Å². The normalized spacial score (nSPS) is 11.1. The summed E-state index contributed by atoms with van der Waals surface area (Å²) in [4.78, 5) is 4.22. The molecule has 0 aliphatic rings. The fourth-order valence-electron chi connectivity index (χ4n) is 1.70. The molecule has 0 unspecified atom stereocenters. The lowest BCUT2D eigenvalue weighted by atomic mass is 10.1. The number of nitrogens with zero attached hydrogens (tertiary/aromatic N) is 3. The third-order valence-electron chi connectivity index (χ3n) is 2.55. The molecule has 0 spiro atoms. The molecular formula is C11H17N5S. The van der Waals surface area contributed by atoms with Crippen molar-refractivity contribution in [2.24, 2.45) is 7.05 Å². The van der Waals surface area contributed by atoms with Crippen LogP contribution in [0.15, 0.2) is 11.6 Å². The van der Waals surface area contributed by atoms with Crippen LogP contribution in [0.5, 0.6) is 0 Å². The Labute approximate surface area is 105 Å². The number of aromatic nitrogens is 3. The molecule has 2 heterocycles. The molecule has 0 atom stereocenters. The molecule has 2 aromatic heterocycles. The van der Waals surface area contributed by atoms with Gasteiger partial charge in [-0.15, -0.1) is 11.3 Å². The summed E-state index contributed by atoms with van der Waals surface area (Å²) in [6.07, 6.45) is 1.80. The molecule has 92 valence electrons. The minimum atomic E-state index is 0.330. The van der Waals surface area contributed by atoms with Crippen LogP contribution < -0.4 is 11.1 Å². The van der Waals surface area contributed by atoms with Gasteiger partial charge in [0.2, 0.25) is 0 Å². The summed E-state index contributed by atoms with van der Waals surface area (Å²) in [6.45, 7) is 4.85. The van der Waals surface area contributed by atoms with Crippen molar-refractivity contribution in [3.05, 3.63) is 22.3 Å². The van der Waals surface area contributed by atoms with Gasteiger partial charge in [0.05, 0.1) is 17.9 Å². The van der Waals surface area contributed by atoms with E-state index < -0.39 is 0 Å². The van der Waals surface area contributed by atoms with Crippen molar-refractivity contribution in [3.63, 3.8) is 0 Å². The zero-order valence-electron chi connectivity index (χ0n) is 10.3. The first-order valence-corrected chi connectivity index (χ1v) is 6.42. The van der Waals surface area contributed by atoms with Gasteiger partial charge in [0.25, 0.3) is 0 Å². The van der Waals surface area contributed by atoms with E-state index >= 15 is 0 Å². The van der Waals surface area contributed by atoms with Gasteiger partial charge in [0.15, 0.2) is 0 Å². The van der Waals surface area contributed by atoms with Crippen LogP contribution in [0.25, 0.3) is 0 Å². The Kier molecular flexibility index (Phi) is 3.33. The van der Waals surface area contributed by atoms with Gasteiger partial charge in [-0.25, -0.2) is 4.98 Å². The molecule has 5 nitrogen and oxygen atoms in total. The molecule has 0 aliphatic carbocycles. The monoisotopic (exact) mass is 251 g/mol. The van der Waals surface area contributed by atoms with E-state index in [1.54, 1.807) is 22.2 Å². The number of rotatable bonds is 4. The van der Waals surface area contributed by atoms with Gasteiger partial charge < -0.3 is 11.1 Å². The second-order valence-electron chi connectivity index (χ2n) is 4.21. The molecule has 3 N–H and O–H groups in total. The molecule has 0 amide bonds. The van der Waals surface area contributed by atoms with E-state index in [4.69, 9.17) is 5.73 Å². The van der Waals surface area contributed by atoms with Crippen molar-refractivity contribution in [1.82, 2.24) is 14.8 Å². The van der Waals surface area contributed by atoms with Crippen LogP contribution in [0.2, 0.25) is 0 Å². The van der Waals surface area contributed by atoms with Crippen LogP contribution in [-0.2, 0) is 13.6 Å². The molecule has 0 aliphatic heterocycles. The van der Waals surface area contributed by atoms with Gasteiger partial charge in [-0.2, -0.15) is 5.10 Å². The van der Waals surface area contributed by atoms with E-state index in [1.807, 2.05) is 12.4 Å². The largest absolute Gasteiger partial charge is 0.394 e. The molecule has 0 fully saturated rings. The van der Waals surface area contributed by atoms with Gasteiger partial charge in [0.1, 0.15) is 10.8 Å². The van der Waals surface area contributed by atoms with Gasteiger partial charge in [0, 0.05) is 18.6 Å². The Morgan fingerprint density at radius 1 is 1.53 bits per heavy atom. The number of thiazole rings is 1. The van der Waals surface area contributed by atoms with Crippen molar-refractivity contribution >= 4 is 22.8 Å². The zero-order chi connectivity index (χ0) is 12.4. The van der Waals surface area contributed by atoms with Crippen LogP contribution in [0, 0.1) is 0 Å². The summed E-state index contributed by atoms with van der Waals surface area (Å²) in [6, 6.07) is 0. The van der Waals surface area contributed by atoms with Crippen LogP contribution >= 0.6 is 11.3 Å². The maximum absolute atomic E-state index is 6.08. The molecule has 0 saturated carbocycles. The van der Waals surface area contributed by atoms with Gasteiger partial charge in [-0.3, -0.25) is 4.68 Å². The van der Waals surface area contributed by atoms with Gasteiger partial charge in [-0.1, -0.05) is 13.8 Å². The summed E-state index contributed by atoms with van der Waals surface area (Å²) in [5.41, 5.74) is 7.76. The number of anilines is 2. The van der Waals surface area contributed by atoms with E-state index in [1.165, 1.54) is 0 Å². The fraction of sp³-hybridized carbons (Fsp3) is 0.455. The number of nitrogen functional groups attached to an aromatic ring is 1. The van der Waals surface area contributed by atoms with E-state index in [0.717, 1.165) is 22.2 Å². The molecule has 2 aromatic rings. The third-order valence-corrected chi connectivity index (χ3v) is 3.33. The minimum absolute atomic E-state index is 0.330. The predicted molar refractivity (Wildman–Crippen MR) is 71.2 cm³/mol. The Morgan fingerprint density at radius 2 is 2.29 bits per heavy atom. The van der Waals surface area contributed by atoms with Gasteiger partial charge in [-0.05, 0) is 5.92 Å². The highest BCUT2D eigenvalue weighted by atomic mass is 32.1. The van der Waals surface area contributed by atoms with Crippen molar-refractivity contribution in [2.45, 2.75) is 26.3 Å². The summed E-state index contributed by atoms with van der Waals surface area (Å²) in [7, 11) is 1.90. The number of hydrogen-bond donors (Lipinski definition) is 2. The Morgan fingerprint density at radius 3 is 2.82 bits per heavy atom. The number of aryl methyl sites for hydroxylation is 1. The molecule has 17 heavy (non-hydrogen) atoms. The summed E-state index contributed by atoms with van der Waals surface area (Å²) in [5.74, 6) is 1.19. The van der Waals surface area contributed by atoms with Crippen LogP contribution in [0.4, 0.5) is 11.5 Å². The maximum Gasteiger partial charge on any atom is 0.148 e. The molecular weight excluding hydrogens is 234 g/mol. The van der Waals surface area contributed by atoms with E-state index in [0.29, 0.717) is 12.5 Å². The highest BCUT2D eigenvalue weighted by Crippen LogP contribution is 2.28. The quantitative estimate of drug-likeness (QED) is 0.874. The van der Waals surface area contributed by atoms with E-state index in [-0.39, 0.29) is 0 Å². The second kappa shape index (κ2) is 4.75. The Bertz CT molecular complexity index is 486. The van der Waals surface area contributed by atoms with E-state index in [9.17, 15) is 0 Å². The molecule has 0 bridgehead atoms. The molecule has 0 radical (unpaired) electrons. The Balaban J connectivity index is 2.15. The zero-order valence-corrected chi connectivity index (χ0v) is 11.1. The first-order chi connectivity index (χ1) is 8.09. The maximum atomic E-state index is 6.08. The number of hydrogen-bond acceptors (Lipinski definition) is 5. The van der Waals surface area contributed by atoms with Crippen molar-refractivity contribution in [1.29, 1.82) is 0 Å². The molecule has 6 heteroatoms. The van der Waals surface area contributed by atoms with Crippen molar-refractivity contribution in [2.75, 3.05) is 11.1 Å². The summed E-state index contributed by atoms with van der Waals surface area (Å²) in [5, 5.41) is 10.7. The smallest absolute Gasteiger partial charge is 0.148 e. The van der Waals surface area contributed by atoms with Crippen LogP contribution in [0.1, 0.15) is 30.5 Å². The lowest BCUT2D eigenvalue weighted by Crippen LogP contribution is -2.06. The fourth-order valence-corrected chi connectivity index (χ4v) is 2.25. The lowest BCUT2D eigenvalue weighted by molar-refractivity contribution is 0.715. The molecule has 0 aromatic carbocycles. The average Bonchev–Trinajstić information content (AvgIpc) is 2.86. The Hall–Kier alpha value is -1.56. The first kappa shape index (κ1) is 11.9. The first-order valence-electron chi connectivity index (χ1n) is 5.54. The van der Waals surface area contributed by atoms with Crippen molar-refractivity contribution < 1.29 is 0 Å². The predicted octanol–water partition coefficient (Wildman–Crippen LogP) is 2.19. The highest BCUT2D eigenvalue weighted by Gasteiger charge is 2.15. The number of nitrogens with one attached hydrogen (secondary N) is 1. The molecule has 2 rings (SSSR count).